The molecule has 1 fully saturated rings. The van der Waals surface area contributed by atoms with Crippen molar-refractivity contribution in [3.8, 4) is 11.5 Å². The molecule has 3 aromatic rings. The van der Waals surface area contributed by atoms with Gasteiger partial charge in [0.1, 0.15) is 17.3 Å². The first-order chi connectivity index (χ1) is 18.3. The number of imide groups is 1. The van der Waals surface area contributed by atoms with Gasteiger partial charge in [-0.2, -0.15) is 0 Å². The number of nitrogens with zero attached hydrogens (tertiary/aromatic N) is 1. The molecule has 1 aliphatic rings. The van der Waals surface area contributed by atoms with Crippen molar-refractivity contribution in [2.45, 2.75) is 6.54 Å². The number of benzene rings is 2. The highest BCUT2D eigenvalue weighted by Crippen LogP contribution is 2.33. The van der Waals surface area contributed by atoms with Gasteiger partial charge in [-0.15, -0.1) is 0 Å². The van der Waals surface area contributed by atoms with Crippen molar-refractivity contribution in [3.63, 3.8) is 0 Å². The normalized spacial score (nSPS) is 13.9. The van der Waals surface area contributed by atoms with Crippen LogP contribution in [0.2, 0.25) is 0 Å². The number of rotatable bonds is 9. The second-order valence-corrected chi connectivity index (χ2v) is 7.83. The molecule has 1 saturated heterocycles. The topological polar surface area (TPSA) is 136 Å². The molecule has 11 nitrogen and oxygen atoms in total. The van der Waals surface area contributed by atoms with Crippen LogP contribution in [0, 0.1) is 5.82 Å². The predicted octanol–water partition coefficient (Wildman–Crippen LogP) is 3.32. The van der Waals surface area contributed by atoms with Crippen LogP contribution < -0.4 is 20.1 Å². The minimum absolute atomic E-state index is 0.00177. The fraction of sp³-hybridized carbons (Fsp3) is 0.154. The lowest BCUT2D eigenvalue weighted by Gasteiger charge is -2.14. The standard InChI is InChI=1S/C26H22FN3O8/c1-35-20-9-5-6-15(23(20)37-14-22(31)28-18-8-4-3-7-17(18)27)12-19-24(32)30(26(34)29-19)13-16-10-11-21(38-16)25(33)36-2/h3-12H,13-14H2,1-2H3,(H,28,31)(H,29,34)/b19-12+. The highest BCUT2D eigenvalue weighted by molar-refractivity contribution is 6.14. The Balaban J connectivity index is 1.50. The fourth-order valence-corrected chi connectivity index (χ4v) is 3.55. The van der Waals surface area contributed by atoms with Crippen LogP contribution in [0.5, 0.6) is 11.5 Å². The number of carbonyl (C=O) groups excluding carboxylic acids is 4. The lowest BCUT2D eigenvalue weighted by molar-refractivity contribution is -0.123. The van der Waals surface area contributed by atoms with Gasteiger partial charge in [-0.05, 0) is 36.4 Å². The lowest BCUT2D eigenvalue weighted by Crippen LogP contribution is -2.30. The summed E-state index contributed by atoms with van der Waals surface area (Å²) in [6.07, 6.45) is 1.37. The van der Waals surface area contributed by atoms with E-state index >= 15 is 0 Å². The van der Waals surface area contributed by atoms with Crippen LogP contribution in [-0.2, 0) is 20.9 Å². The fourth-order valence-electron chi connectivity index (χ4n) is 3.55. The number of halogens is 1. The van der Waals surface area contributed by atoms with Gasteiger partial charge in [0.05, 0.1) is 26.5 Å². The van der Waals surface area contributed by atoms with Gasteiger partial charge in [0.2, 0.25) is 5.76 Å². The Bertz CT molecular complexity index is 1430. The lowest BCUT2D eigenvalue weighted by atomic mass is 10.1. The third-order valence-electron chi connectivity index (χ3n) is 5.35. The number of ether oxygens (including phenoxy) is 3. The van der Waals surface area contributed by atoms with Crippen LogP contribution in [0.25, 0.3) is 6.08 Å². The Labute approximate surface area is 215 Å². The number of anilines is 1. The third-order valence-corrected chi connectivity index (χ3v) is 5.35. The van der Waals surface area contributed by atoms with E-state index in [4.69, 9.17) is 13.9 Å². The first-order valence-corrected chi connectivity index (χ1v) is 11.2. The summed E-state index contributed by atoms with van der Waals surface area (Å²) in [6.45, 7) is -0.713. The molecule has 2 N–H and O–H groups in total. The monoisotopic (exact) mass is 523 g/mol. The number of amides is 4. The molecule has 12 heteroatoms. The molecule has 0 radical (unpaired) electrons. The van der Waals surface area contributed by atoms with Crippen LogP contribution in [-0.4, -0.2) is 49.5 Å². The van der Waals surface area contributed by atoms with Crippen molar-refractivity contribution in [1.82, 2.24) is 10.2 Å². The largest absolute Gasteiger partial charge is 0.493 e. The molecule has 0 bridgehead atoms. The molecule has 196 valence electrons. The zero-order valence-electron chi connectivity index (χ0n) is 20.3. The predicted molar refractivity (Wildman–Crippen MR) is 131 cm³/mol. The van der Waals surface area contributed by atoms with Crippen molar-refractivity contribution >= 4 is 35.6 Å². The van der Waals surface area contributed by atoms with Crippen LogP contribution in [0.4, 0.5) is 14.9 Å². The molecule has 0 unspecified atom stereocenters. The highest BCUT2D eigenvalue weighted by atomic mass is 19.1. The van der Waals surface area contributed by atoms with Crippen molar-refractivity contribution in [1.29, 1.82) is 0 Å². The van der Waals surface area contributed by atoms with E-state index < -0.39 is 36.2 Å². The number of carbonyl (C=O) groups is 4. The number of urea groups is 1. The quantitative estimate of drug-likeness (QED) is 0.248. The van der Waals surface area contributed by atoms with Crippen LogP contribution in [0.15, 0.2) is 64.7 Å². The maximum Gasteiger partial charge on any atom is 0.373 e. The third kappa shape index (κ3) is 5.64. The molecule has 1 aliphatic heterocycles. The molecule has 0 aliphatic carbocycles. The van der Waals surface area contributed by atoms with E-state index in [1.165, 1.54) is 50.6 Å². The van der Waals surface area contributed by atoms with Crippen molar-refractivity contribution in [2.75, 3.05) is 26.1 Å². The molecule has 2 heterocycles. The summed E-state index contributed by atoms with van der Waals surface area (Å²) in [6, 6.07) is 12.6. The molecular weight excluding hydrogens is 501 g/mol. The molecule has 0 saturated carbocycles. The summed E-state index contributed by atoms with van der Waals surface area (Å²) in [5, 5.41) is 4.89. The number of hydrogen-bond acceptors (Lipinski definition) is 8. The minimum Gasteiger partial charge on any atom is -0.493 e. The van der Waals surface area contributed by atoms with Crippen LogP contribution in [0.1, 0.15) is 21.9 Å². The second kappa shape index (κ2) is 11.3. The van der Waals surface area contributed by atoms with Gasteiger partial charge >= 0.3 is 12.0 Å². The maximum absolute atomic E-state index is 13.8. The number of nitrogens with one attached hydrogen (secondary N) is 2. The SMILES string of the molecule is COC(=O)c1ccc(CN2C(=O)N/C(=C/c3cccc(OC)c3OCC(=O)Nc3ccccc3F)C2=O)o1. The minimum atomic E-state index is -0.702. The molecule has 0 spiro atoms. The number of hydrogen-bond donors (Lipinski definition) is 2. The Morgan fingerprint density at radius 3 is 2.61 bits per heavy atom. The molecule has 4 rings (SSSR count). The first kappa shape index (κ1) is 25.9. The zero-order valence-corrected chi connectivity index (χ0v) is 20.3. The number of furan rings is 1. The molecule has 2 aromatic carbocycles. The van der Waals surface area contributed by atoms with Gasteiger partial charge in [0.25, 0.3) is 11.8 Å². The highest BCUT2D eigenvalue weighted by Gasteiger charge is 2.34. The summed E-state index contributed by atoms with van der Waals surface area (Å²) < 4.78 is 34.7. The molecule has 1 aromatic heterocycles. The van der Waals surface area contributed by atoms with Crippen LogP contribution in [0.3, 0.4) is 0 Å². The first-order valence-electron chi connectivity index (χ1n) is 11.2. The summed E-state index contributed by atoms with van der Waals surface area (Å²) in [5.74, 6) is -2.05. The second-order valence-electron chi connectivity index (χ2n) is 7.83. The van der Waals surface area contributed by atoms with Crippen molar-refractivity contribution in [3.05, 3.63) is 83.2 Å². The summed E-state index contributed by atoms with van der Waals surface area (Å²) >= 11 is 0. The van der Waals surface area contributed by atoms with E-state index in [2.05, 4.69) is 15.4 Å². The average molecular weight is 523 g/mol. The smallest absolute Gasteiger partial charge is 0.373 e. The van der Waals surface area contributed by atoms with Crippen molar-refractivity contribution < 1.29 is 42.2 Å². The number of esters is 1. The zero-order chi connectivity index (χ0) is 27.2. The van der Waals surface area contributed by atoms with E-state index in [0.717, 1.165) is 4.90 Å². The van der Waals surface area contributed by atoms with Gasteiger partial charge in [-0.1, -0.05) is 24.3 Å². The van der Waals surface area contributed by atoms with E-state index in [1.54, 1.807) is 24.3 Å². The summed E-state index contributed by atoms with van der Waals surface area (Å²) in [7, 11) is 2.60. The van der Waals surface area contributed by atoms with E-state index in [-0.39, 0.29) is 40.9 Å². The Hall–Kier alpha value is -5.13. The van der Waals surface area contributed by atoms with Gasteiger partial charge in [0.15, 0.2) is 18.1 Å². The number of para-hydroxylation sites is 2. The van der Waals surface area contributed by atoms with E-state index in [9.17, 15) is 23.6 Å². The summed E-state index contributed by atoms with van der Waals surface area (Å²) in [4.78, 5) is 50.3. The summed E-state index contributed by atoms with van der Waals surface area (Å²) in [5.41, 5.74) is 0.265. The van der Waals surface area contributed by atoms with Gasteiger partial charge in [-0.25, -0.2) is 14.0 Å². The maximum atomic E-state index is 13.8. The van der Waals surface area contributed by atoms with E-state index in [0.29, 0.717) is 5.56 Å². The van der Waals surface area contributed by atoms with Crippen LogP contribution >= 0.6 is 0 Å². The van der Waals surface area contributed by atoms with Gasteiger partial charge < -0.3 is 29.3 Å². The Morgan fingerprint density at radius 2 is 1.87 bits per heavy atom. The van der Waals surface area contributed by atoms with E-state index in [1.807, 2.05) is 0 Å². The van der Waals surface area contributed by atoms with Gasteiger partial charge in [-0.3, -0.25) is 14.5 Å². The Morgan fingerprint density at radius 1 is 1.08 bits per heavy atom. The molecular formula is C26H22FN3O8. The Kier molecular flexibility index (Phi) is 7.71. The molecule has 4 amide bonds. The van der Waals surface area contributed by atoms with Gasteiger partial charge in [0, 0.05) is 5.56 Å². The average Bonchev–Trinajstić information content (AvgIpc) is 3.49. The van der Waals surface area contributed by atoms with Crippen molar-refractivity contribution in [2.24, 2.45) is 0 Å². The number of methoxy groups -OCH3 is 2. The molecule has 0 atom stereocenters. The molecule has 38 heavy (non-hydrogen) atoms.